The molecule has 4 rings (SSSR count). The van der Waals surface area contributed by atoms with Gasteiger partial charge in [0.05, 0.1) is 5.69 Å². The van der Waals surface area contributed by atoms with E-state index in [1.807, 2.05) is 24.4 Å². The van der Waals surface area contributed by atoms with Gasteiger partial charge in [-0.2, -0.15) is 5.10 Å². The Bertz CT molecular complexity index is 964. The first-order chi connectivity index (χ1) is 14.6. The van der Waals surface area contributed by atoms with E-state index in [9.17, 15) is 4.79 Å². The van der Waals surface area contributed by atoms with Gasteiger partial charge in [0.2, 0.25) is 11.9 Å². The molecule has 3 aromatic heterocycles. The van der Waals surface area contributed by atoms with Crippen molar-refractivity contribution in [3.05, 3.63) is 54.9 Å². The van der Waals surface area contributed by atoms with Gasteiger partial charge in [0.25, 0.3) is 0 Å². The maximum atomic E-state index is 12.2. The normalized spacial score (nSPS) is 14.8. The van der Waals surface area contributed by atoms with Crippen LogP contribution in [0.25, 0.3) is 11.1 Å². The summed E-state index contributed by atoms with van der Waals surface area (Å²) in [5.74, 6) is 1.05. The van der Waals surface area contributed by atoms with Gasteiger partial charge in [-0.1, -0.05) is 13.8 Å². The summed E-state index contributed by atoms with van der Waals surface area (Å²) in [6.07, 6.45) is 10.7. The highest BCUT2D eigenvalue weighted by Crippen LogP contribution is 2.29. The molecule has 0 bridgehead atoms. The van der Waals surface area contributed by atoms with Crippen molar-refractivity contribution in [2.24, 2.45) is 0 Å². The van der Waals surface area contributed by atoms with Crippen molar-refractivity contribution < 1.29 is 4.79 Å². The number of hydrogen-bond acceptors (Lipinski definition) is 6. The Morgan fingerprint density at radius 2 is 1.97 bits per heavy atom. The van der Waals surface area contributed by atoms with E-state index < -0.39 is 0 Å². The van der Waals surface area contributed by atoms with Crippen LogP contribution in [0.3, 0.4) is 0 Å². The number of piperidine rings is 1. The van der Waals surface area contributed by atoms with Gasteiger partial charge in [-0.15, -0.1) is 0 Å². The van der Waals surface area contributed by atoms with Crippen LogP contribution in [0.5, 0.6) is 0 Å². The number of nitrogens with one attached hydrogen (secondary N) is 1. The lowest BCUT2D eigenvalue weighted by Gasteiger charge is -2.32. The Hall–Kier alpha value is -3.29. The number of hydrogen-bond donors (Lipinski definition) is 1. The fourth-order valence-corrected chi connectivity index (χ4v) is 3.77. The summed E-state index contributed by atoms with van der Waals surface area (Å²) >= 11 is 0. The highest BCUT2D eigenvalue weighted by atomic mass is 16.2. The quantitative estimate of drug-likeness (QED) is 0.678. The van der Waals surface area contributed by atoms with Gasteiger partial charge < -0.3 is 10.2 Å². The lowest BCUT2D eigenvalue weighted by atomic mass is 10.00. The number of rotatable bonds is 6. The first kappa shape index (κ1) is 20.0. The minimum absolute atomic E-state index is 0.00259. The average Bonchev–Trinajstić information content (AvgIpc) is 3.27. The van der Waals surface area contributed by atoms with Gasteiger partial charge in [0, 0.05) is 55.7 Å². The van der Waals surface area contributed by atoms with Crippen LogP contribution in [0.4, 0.5) is 5.95 Å². The maximum absolute atomic E-state index is 12.2. The standard InChI is InChI=1S/C22H27N7O/c1-16(2)21-19(17-4-9-23-10-5-17)14-24-22(27-21)28-12-6-18(7-13-28)26-20(30)15-29-11-3-8-25-29/h3-5,8-11,14,16,18H,6-7,12-13,15H2,1-2H3,(H,26,30). The smallest absolute Gasteiger partial charge is 0.241 e. The Balaban J connectivity index is 1.39. The van der Waals surface area contributed by atoms with Crippen molar-refractivity contribution in [1.29, 1.82) is 0 Å². The number of amides is 1. The molecule has 156 valence electrons. The summed E-state index contributed by atoms with van der Waals surface area (Å²) in [6.45, 7) is 6.19. The summed E-state index contributed by atoms with van der Waals surface area (Å²) in [7, 11) is 0. The first-order valence-electron chi connectivity index (χ1n) is 10.4. The molecule has 1 aliphatic heterocycles. The number of pyridine rings is 1. The molecule has 8 heteroatoms. The van der Waals surface area contributed by atoms with E-state index in [0.717, 1.165) is 48.7 Å². The molecule has 30 heavy (non-hydrogen) atoms. The number of carbonyl (C=O) groups excluding carboxylic acids is 1. The van der Waals surface area contributed by atoms with Gasteiger partial charge in [-0.05, 0) is 42.5 Å². The lowest BCUT2D eigenvalue weighted by molar-refractivity contribution is -0.122. The molecule has 0 radical (unpaired) electrons. The number of aromatic nitrogens is 5. The Kier molecular flexibility index (Phi) is 6.02. The maximum Gasteiger partial charge on any atom is 0.241 e. The van der Waals surface area contributed by atoms with Crippen LogP contribution >= 0.6 is 0 Å². The van der Waals surface area contributed by atoms with E-state index in [1.165, 1.54) is 0 Å². The summed E-state index contributed by atoms with van der Waals surface area (Å²) < 4.78 is 1.64. The molecule has 1 aliphatic rings. The van der Waals surface area contributed by atoms with E-state index in [0.29, 0.717) is 0 Å². The lowest BCUT2D eigenvalue weighted by Crippen LogP contribution is -2.46. The molecule has 0 atom stereocenters. The fourth-order valence-electron chi connectivity index (χ4n) is 3.77. The van der Waals surface area contributed by atoms with E-state index >= 15 is 0 Å². The van der Waals surface area contributed by atoms with Gasteiger partial charge in [0.15, 0.2) is 0 Å². The van der Waals surface area contributed by atoms with Crippen LogP contribution in [-0.2, 0) is 11.3 Å². The minimum Gasteiger partial charge on any atom is -0.352 e. The average molecular weight is 406 g/mol. The van der Waals surface area contributed by atoms with Crippen LogP contribution in [0.2, 0.25) is 0 Å². The molecule has 1 amide bonds. The summed E-state index contributed by atoms with van der Waals surface area (Å²) in [4.78, 5) is 28.1. The molecule has 0 aromatic carbocycles. The molecule has 1 N–H and O–H groups in total. The van der Waals surface area contributed by atoms with Crippen molar-refractivity contribution in [3.63, 3.8) is 0 Å². The second kappa shape index (κ2) is 9.02. The highest BCUT2D eigenvalue weighted by molar-refractivity contribution is 5.76. The van der Waals surface area contributed by atoms with Crippen LogP contribution in [-0.4, -0.2) is 49.8 Å². The van der Waals surface area contributed by atoms with Crippen molar-refractivity contribution in [2.45, 2.75) is 45.2 Å². The molecule has 0 saturated carbocycles. The largest absolute Gasteiger partial charge is 0.352 e. The Morgan fingerprint density at radius 3 is 2.63 bits per heavy atom. The number of carbonyl (C=O) groups is 1. The number of nitrogens with zero attached hydrogens (tertiary/aromatic N) is 6. The SMILES string of the molecule is CC(C)c1nc(N2CCC(NC(=O)Cn3cccn3)CC2)ncc1-c1ccncc1. The van der Waals surface area contributed by atoms with Gasteiger partial charge in [0.1, 0.15) is 6.54 Å². The van der Waals surface area contributed by atoms with Gasteiger partial charge in [-0.25, -0.2) is 9.97 Å². The fraction of sp³-hybridized carbons (Fsp3) is 0.409. The molecule has 0 spiro atoms. The molecule has 4 heterocycles. The molecule has 3 aromatic rings. The molecular formula is C22H27N7O. The third kappa shape index (κ3) is 4.64. The van der Waals surface area contributed by atoms with Crippen LogP contribution in [0.15, 0.2) is 49.2 Å². The zero-order valence-electron chi connectivity index (χ0n) is 17.4. The van der Waals surface area contributed by atoms with E-state index in [2.05, 4.69) is 39.1 Å². The van der Waals surface area contributed by atoms with Crippen molar-refractivity contribution in [1.82, 2.24) is 30.0 Å². The van der Waals surface area contributed by atoms with Crippen molar-refractivity contribution in [2.75, 3.05) is 18.0 Å². The van der Waals surface area contributed by atoms with Crippen LogP contribution < -0.4 is 10.2 Å². The predicted molar refractivity (Wildman–Crippen MR) is 115 cm³/mol. The van der Waals surface area contributed by atoms with Crippen molar-refractivity contribution >= 4 is 11.9 Å². The van der Waals surface area contributed by atoms with Gasteiger partial charge >= 0.3 is 0 Å². The third-order valence-corrected chi connectivity index (χ3v) is 5.35. The van der Waals surface area contributed by atoms with E-state index in [4.69, 9.17) is 4.98 Å². The zero-order valence-corrected chi connectivity index (χ0v) is 17.4. The van der Waals surface area contributed by atoms with E-state index in [1.54, 1.807) is 29.5 Å². The van der Waals surface area contributed by atoms with E-state index in [-0.39, 0.29) is 24.4 Å². The minimum atomic E-state index is -0.00259. The summed E-state index contributed by atoms with van der Waals surface area (Å²) in [6, 6.07) is 5.96. The number of anilines is 1. The zero-order chi connectivity index (χ0) is 20.9. The molecule has 1 saturated heterocycles. The molecule has 0 unspecified atom stereocenters. The highest BCUT2D eigenvalue weighted by Gasteiger charge is 2.23. The summed E-state index contributed by atoms with van der Waals surface area (Å²) in [5, 5.41) is 7.20. The molecule has 8 nitrogen and oxygen atoms in total. The molecular weight excluding hydrogens is 378 g/mol. The molecule has 0 aliphatic carbocycles. The van der Waals surface area contributed by atoms with Crippen LogP contribution in [0, 0.1) is 0 Å². The Morgan fingerprint density at radius 1 is 1.20 bits per heavy atom. The first-order valence-corrected chi connectivity index (χ1v) is 10.4. The van der Waals surface area contributed by atoms with Crippen LogP contribution in [0.1, 0.15) is 38.3 Å². The Labute approximate surface area is 176 Å². The second-order valence-electron chi connectivity index (χ2n) is 7.89. The third-order valence-electron chi connectivity index (χ3n) is 5.35. The molecule has 1 fully saturated rings. The van der Waals surface area contributed by atoms with Crippen molar-refractivity contribution in [3.8, 4) is 11.1 Å². The van der Waals surface area contributed by atoms with Gasteiger partial charge in [-0.3, -0.25) is 14.5 Å². The monoisotopic (exact) mass is 405 g/mol. The summed E-state index contributed by atoms with van der Waals surface area (Å²) in [5.41, 5.74) is 3.18. The topological polar surface area (TPSA) is 88.8 Å². The predicted octanol–water partition coefficient (Wildman–Crippen LogP) is 2.64. The second-order valence-corrected chi connectivity index (χ2v) is 7.89.